The van der Waals surface area contributed by atoms with Gasteiger partial charge < -0.3 is 0 Å². The van der Waals surface area contributed by atoms with E-state index in [0.717, 1.165) is 11.3 Å². The van der Waals surface area contributed by atoms with Gasteiger partial charge in [0.05, 0.1) is 5.69 Å². The lowest BCUT2D eigenvalue weighted by atomic mass is 10.1. The highest BCUT2D eigenvalue weighted by Gasteiger charge is 1.98. The van der Waals surface area contributed by atoms with Crippen LogP contribution in [-0.2, 0) is 0 Å². The molecule has 0 amide bonds. The highest BCUT2D eigenvalue weighted by molar-refractivity contribution is 5.71. The normalized spacial score (nSPS) is 10.5. The van der Waals surface area contributed by atoms with Crippen LogP contribution in [0.5, 0.6) is 0 Å². The van der Waals surface area contributed by atoms with Gasteiger partial charge in [-0.2, -0.15) is 0 Å². The van der Waals surface area contributed by atoms with E-state index >= 15 is 0 Å². The molecule has 0 radical (unpaired) electrons. The molecule has 0 aliphatic carbocycles. The van der Waals surface area contributed by atoms with Crippen molar-refractivity contribution in [3.63, 3.8) is 0 Å². The Morgan fingerprint density at radius 3 is 2.75 bits per heavy atom. The zero-order valence-corrected chi connectivity index (χ0v) is 7.54. The summed E-state index contributed by atoms with van der Waals surface area (Å²) in [6, 6.07) is 6.08. The number of para-hydroxylation sites is 1. The number of hydrogen-bond donors (Lipinski definition) is 0. The third-order valence-corrected chi connectivity index (χ3v) is 1.75. The van der Waals surface area contributed by atoms with E-state index in [0.29, 0.717) is 0 Å². The Kier molecular flexibility index (Phi) is 2.81. The number of hydrogen-bond acceptors (Lipinski definition) is 1. The van der Waals surface area contributed by atoms with Gasteiger partial charge in [0.1, 0.15) is 0 Å². The second kappa shape index (κ2) is 3.86. The lowest BCUT2D eigenvalue weighted by Crippen LogP contribution is -1.79. The van der Waals surface area contributed by atoms with Crippen molar-refractivity contribution < 1.29 is 0 Å². The average Bonchev–Trinajstić information content (AvgIpc) is 2.09. The number of aliphatic imine (C=N–C) groups is 1. The quantitative estimate of drug-likeness (QED) is 0.587. The lowest BCUT2D eigenvalue weighted by molar-refractivity contribution is 1.39. The molecule has 0 heterocycles. The Balaban J connectivity index is 3.28. The lowest BCUT2D eigenvalue weighted by Gasteiger charge is -2.02. The molecule has 1 heteroatoms. The molecular formula is C11H13N. The maximum Gasteiger partial charge on any atom is 0.0726 e. The number of aryl methyl sites for hydroxylation is 1. The summed E-state index contributed by atoms with van der Waals surface area (Å²) in [5.74, 6) is 0. The van der Waals surface area contributed by atoms with Gasteiger partial charge in [-0.3, -0.25) is 4.99 Å². The van der Waals surface area contributed by atoms with Crippen LogP contribution in [0.2, 0.25) is 0 Å². The third kappa shape index (κ3) is 1.62. The summed E-state index contributed by atoms with van der Waals surface area (Å²) < 4.78 is 0. The van der Waals surface area contributed by atoms with Crippen molar-refractivity contribution in [3.8, 4) is 0 Å². The van der Waals surface area contributed by atoms with E-state index in [1.807, 2.05) is 25.1 Å². The summed E-state index contributed by atoms with van der Waals surface area (Å²) in [4.78, 5) is 4.28. The van der Waals surface area contributed by atoms with E-state index in [9.17, 15) is 0 Å². The second-order valence-corrected chi connectivity index (χ2v) is 2.60. The Labute approximate surface area is 73.5 Å². The van der Waals surface area contributed by atoms with Crippen LogP contribution < -0.4 is 0 Å². The molecule has 0 unspecified atom stereocenters. The Morgan fingerprint density at radius 2 is 2.17 bits per heavy atom. The predicted molar refractivity (Wildman–Crippen MR) is 55.1 cm³/mol. The van der Waals surface area contributed by atoms with Gasteiger partial charge in [0.25, 0.3) is 0 Å². The topological polar surface area (TPSA) is 12.4 Å². The van der Waals surface area contributed by atoms with Crippen LogP contribution in [0.3, 0.4) is 0 Å². The van der Waals surface area contributed by atoms with Crippen molar-refractivity contribution in [2.24, 2.45) is 4.99 Å². The monoisotopic (exact) mass is 159 g/mol. The van der Waals surface area contributed by atoms with Crippen LogP contribution in [-0.4, -0.2) is 6.21 Å². The molecule has 0 aromatic heterocycles. The predicted octanol–water partition coefficient (Wildman–Crippen LogP) is 3.36. The van der Waals surface area contributed by atoms with E-state index in [1.165, 1.54) is 5.56 Å². The minimum atomic E-state index is 1.02. The van der Waals surface area contributed by atoms with Crippen LogP contribution in [0.4, 0.5) is 5.69 Å². The molecule has 12 heavy (non-hydrogen) atoms. The summed E-state index contributed by atoms with van der Waals surface area (Å²) >= 11 is 0. The van der Waals surface area contributed by atoms with Gasteiger partial charge in [-0.05, 0) is 25.0 Å². The molecule has 0 N–H and O–H groups in total. The molecular weight excluding hydrogens is 146 g/mol. The molecule has 0 atom stereocenters. The zero-order valence-electron chi connectivity index (χ0n) is 7.54. The molecule has 0 saturated carbocycles. The van der Waals surface area contributed by atoms with Crippen LogP contribution in [0.1, 0.15) is 18.1 Å². The first kappa shape index (κ1) is 8.72. The molecule has 0 spiro atoms. The van der Waals surface area contributed by atoms with Crippen LogP contribution in [0, 0.1) is 6.92 Å². The third-order valence-electron chi connectivity index (χ3n) is 1.75. The number of nitrogens with zero attached hydrogens (tertiary/aromatic N) is 1. The van der Waals surface area contributed by atoms with Crippen molar-refractivity contribution >= 4 is 18.0 Å². The number of benzene rings is 1. The van der Waals surface area contributed by atoms with Crippen molar-refractivity contribution in [1.29, 1.82) is 0 Å². The van der Waals surface area contributed by atoms with Gasteiger partial charge in [0, 0.05) is 6.21 Å². The van der Waals surface area contributed by atoms with Gasteiger partial charge in [-0.1, -0.05) is 30.9 Å². The zero-order chi connectivity index (χ0) is 8.97. The van der Waals surface area contributed by atoms with E-state index in [1.54, 1.807) is 6.21 Å². The van der Waals surface area contributed by atoms with Gasteiger partial charge >= 0.3 is 0 Å². The van der Waals surface area contributed by atoms with Crippen molar-refractivity contribution in [3.05, 3.63) is 35.9 Å². The summed E-state index contributed by atoms with van der Waals surface area (Å²) in [6.45, 7) is 7.71. The number of rotatable bonds is 2. The van der Waals surface area contributed by atoms with Crippen molar-refractivity contribution in [1.82, 2.24) is 0 Å². The smallest absolute Gasteiger partial charge is 0.0726 e. The van der Waals surface area contributed by atoms with Crippen molar-refractivity contribution in [2.45, 2.75) is 13.8 Å². The first-order chi connectivity index (χ1) is 5.79. The standard InChI is InChI=1S/C11H13N/c1-4-10-8-6-7-9(3)11(10)12-5-2/h4-8H,1H2,2-3H3/b12-5-. The minimum Gasteiger partial charge on any atom is -0.261 e. The van der Waals surface area contributed by atoms with Gasteiger partial charge in [-0.25, -0.2) is 0 Å². The molecule has 1 rings (SSSR count). The Hall–Kier alpha value is -1.37. The Bertz CT molecular complexity index is 311. The SMILES string of the molecule is C=Cc1cccc(C)c1/N=C\C. The van der Waals surface area contributed by atoms with Crippen LogP contribution in [0.15, 0.2) is 29.8 Å². The fraction of sp³-hybridized carbons (Fsp3) is 0.182. The molecule has 1 aromatic carbocycles. The summed E-state index contributed by atoms with van der Waals surface area (Å²) in [7, 11) is 0. The molecule has 0 aliphatic rings. The second-order valence-electron chi connectivity index (χ2n) is 2.60. The van der Waals surface area contributed by atoms with E-state index in [4.69, 9.17) is 0 Å². The highest BCUT2D eigenvalue weighted by atomic mass is 14.7. The molecule has 62 valence electrons. The van der Waals surface area contributed by atoms with Gasteiger partial charge in [0.2, 0.25) is 0 Å². The molecule has 0 aliphatic heterocycles. The first-order valence-electron chi connectivity index (χ1n) is 4.00. The van der Waals surface area contributed by atoms with E-state index in [2.05, 4.69) is 24.6 Å². The molecule has 0 saturated heterocycles. The maximum atomic E-state index is 4.28. The fourth-order valence-corrected chi connectivity index (χ4v) is 1.15. The van der Waals surface area contributed by atoms with Crippen LogP contribution >= 0.6 is 0 Å². The molecule has 1 aromatic rings. The fourth-order valence-electron chi connectivity index (χ4n) is 1.15. The highest BCUT2D eigenvalue weighted by Crippen LogP contribution is 2.24. The summed E-state index contributed by atoms with van der Waals surface area (Å²) in [5.41, 5.74) is 3.30. The largest absolute Gasteiger partial charge is 0.261 e. The summed E-state index contributed by atoms with van der Waals surface area (Å²) in [6.07, 6.45) is 3.63. The van der Waals surface area contributed by atoms with Crippen LogP contribution in [0.25, 0.3) is 6.08 Å². The molecule has 0 bridgehead atoms. The molecule has 1 nitrogen and oxygen atoms in total. The summed E-state index contributed by atoms with van der Waals surface area (Å²) in [5, 5.41) is 0. The minimum absolute atomic E-state index is 1.02. The molecule has 0 fully saturated rings. The van der Waals surface area contributed by atoms with E-state index in [-0.39, 0.29) is 0 Å². The van der Waals surface area contributed by atoms with Gasteiger partial charge in [0.15, 0.2) is 0 Å². The Morgan fingerprint density at radius 1 is 1.42 bits per heavy atom. The maximum absolute atomic E-state index is 4.28. The van der Waals surface area contributed by atoms with Gasteiger partial charge in [-0.15, -0.1) is 0 Å². The first-order valence-corrected chi connectivity index (χ1v) is 4.00. The average molecular weight is 159 g/mol. The van der Waals surface area contributed by atoms with Crippen molar-refractivity contribution in [2.75, 3.05) is 0 Å². The van der Waals surface area contributed by atoms with E-state index < -0.39 is 0 Å².